The van der Waals surface area contributed by atoms with Crippen LogP contribution in [-0.4, -0.2) is 23.7 Å². The summed E-state index contributed by atoms with van der Waals surface area (Å²) in [4.78, 5) is 11.3. The van der Waals surface area contributed by atoms with Crippen LogP contribution < -0.4 is 0 Å². The van der Waals surface area contributed by atoms with Gasteiger partial charge in [0.2, 0.25) is 0 Å². The molecule has 0 saturated carbocycles. The summed E-state index contributed by atoms with van der Waals surface area (Å²) in [5.41, 5.74) is 25.2. The minimum atomic E-state index is 0.627. The SMILES string of the molecule is c1cc(-c2nc(-c3cccc(-n4c5ccccc5c5cc(-c6ccc7c(c6)oc6ccccc67)ccc54)c3)c3cc(-n4c5ccccc5c5cc(-c6ccc7c(c6)oc6ccccc67)ccc54)ccc3n2)cc(-n2c3ccccc3c3cc(-c4ccc5c(c4)oc4ccccc45)ccc32)c1. The molecule has 22 aromatic rings. The first kappa shape index (κ1) is 54.7. The molecule has 15 aromatic carbocycles. The molecule has 0 aliphatic heterocycles. The predicted molar refractivity (Wildman–Crippen MR) is 412 cm³/mol. The van der Waals surface area contributed by atoms with E-state index in [2.05, 4.69) is 299 Å². The van der Waals surface area contributed by atoms with E-state index in [4.69, 9.17) is 23.2 Å². The maximum atomic E-state index is 6.39. The Bertz CT molecular complexity index is 7250. The van der Waals surface area contributed by atoms with E-state index >= 15 is 0 Å². The summed E-state index contributed by atoms with van der Waals surface area (Å²) in [5.74, 6) is 0.627. The van der Waals surface area contributed by atoms with Gasteiger partial charge in [-0.3, -0.25) is 0 Å². The smallest absolute Gasteiger partial charge is 0.160 e. The Morgan fingerprint density at radius 1 is 0.190 bits per heavy atom. The molecule has 100 heavy (non-hydrogen) atoms. The van der Waals surface area contributed by atoms with E-state index in [0.29, 0.717) is 5.82 Å². The van der Waals surface area contributed by atoms with Gasteiger partial charge in [0.15, 0.2) is 5.82 Å². The van der Waals surface area contributed by atoms with E-state index in [1.807, 2.05) is 36.4 Å². The first-order valence-electron chi connectivity index (χ1n) is 33.9. The van der Waals surface area contributed by atoms with Crippen LogP contribution in [-0.2, 0) is 0 Å². The molecule has 7 heterocycles. The Labute approximate surface area is 570 Å². The molecule has 0 fully saturated rings. The number of aromatic nitrogens is 5. The van der Waals surface area contributed by atoms with Gasteiger partial charge in [-0.05, 0) is 185 Å². The van der Waals surface area contributed by atoms with E-state index in [-0.39, 0.29) is 0 Å². The third-order valence-electron chi connectivity index (χ3n) is 20.8. The van der Waals surface area contributed by atoms with Gasteiger partial charge in [-0.1, -0.05) is 170 Å². The molecule has 0 amide bonds. The summed E-state index contributed by atoms with van der Waals surface area (Å²) in [6.07, 6.45) is 0. The van der Waals surface area contributed by atoms with Gasteiger partial charge in [0, 0.05) is 98.2 Å². The maximum absolute atomic E-state index is 6.39. The van der Waals surface area contributed by atoms with Crippen LogP contribution in [0.2, 0.25) is 0 Å². The zero-order valence-corrected chi connectivity index (χ0v) is 53.6. The highest BCUT2D eigenvalue weighted by Crippen LogP contribution is 2.44. The summed E-state index contributed by atoms with van der Waals surface area (Å²) in [7, 11) is 0. The lowest BCUT2D eigenvalue weighted by Gasteiger charge is -2.15. The summed E-state index contributed by atoms with van der Waals surface area (Å²) in [6, 6.07) is 115. The molecule has 0 N–H and O–H groups in total. The van der Waals surface area contributed by atoms with Crippen LogP contribution in [0, 0.1) is 0 Å². The number of fused-ring (bicyclic) bond motifs is 19. The molecule has 0 atom stereocenters. The van der Waals surface area contributed by atoms with Crippen LogP contribution in [0.25, 0.3) is 215 Å². The van der Waals surface area contributed by atoms with Crippen LogP contribution >= 0.6 is 0 Å². The monoisotopic (exact) mass is 1280 g/mol. The number of hydrogen-bond acceptors (Lipinski definition) is 5. The standard InChI is InChI=1S/C92H53N5O3/c1-7-25-79-65(19-1)74-47-54(57-31-38-71-68-22-4-10-28-85(68)98-88(71)50-57)34-42-82(74)95(79)62-17-13-15-60(45-62)91-77-53-64(97-81-27-9-3-21-67(81)76-49-56(36-44-84(76)97)59-33-40-73-70-24-6-12-30-87(70)100-90(73)52-59)37-41-78(77)93-92(94-91)61-16-14-18-63(46-61)96-80-26-8-2-20-66(80)75-48-55(35-43-83(75)96)58-32-39-72-69-23-5-11-29-86(69)99-89(72)51-58/h1-53H. The van der Waals surface area contributed by atoms with Crippen LogP contribution in [0.1, 0.15) is 0 Å². The highest BCUT2D eigenvalue weighted by Gasteiger charge is 2.22. The average molecular weight is 1280 g/mol. The van der Waals surface area contributed by atoms with E-state index in [9.17, 15) is 0 Å². The van der Waals surface area contributed by atoms with Gasteiger partial charge < -0.3 is 27.0 Å². The highest BCUT2D eigenvalue weighted by molar-refractivity contribution is 6.15. The molecule has 8 nitrogen and oxygen atoms in total. The van der Waals surface area contributed by atoms with E-state index in [1.54, 1.807) is 0 Å². The van der Waals surface area contributed by atoms with Crippen molar-refractivity contribution < 1.29 is 13.3 Å². The van der Waals surface area contributed by atoms with Crippen molar-refractivity contribution in [2.45, 2.75) is 0 Å². The van der Waals surface area contributed by atoms with Crippen molar-refractivity contribution in [3.8, 4) is 73.1 Å². The molecule has 0 saturated heterocycles. The van der Waals surface area contributed by atoms with Crippen LogP contribution in [0.15, 0.2) is 335 Å². The van der Waals surface area contributed by atoms with Gasteiger partial charge in [-0.25, -0.2) is 9.97 Å². The quantitative estimate of drug-likeness (QED) is 0.151. The number of rotatable bonds is 8. The van der Waals surface area contributed by atoms with Crippen LogP contribution in [0.4, 0.5) is 0 Å². The Hall–Kier alpha value is -13.6. The molecule has 22 rings (SSSR count). The Morgan fingerprint density at radius 3 is 0.970 bits per heavy atom. The molecule has 8 heteroatoms. The van der Waals surface area contributed by atoms with Gasteiger partial charge >= 0.3 is 0 Å². The zero-order valence-electron chi connectivity index (χ0n) is 53.6. The first-order chi connectivity index (χ1) is 49.5. The molecule has 0 aliphatic rings. The highest BCUT2D eigenvalue weighted by atomic mass is 16.3. The number of para-hydroxylation sites is 6. The van der Waals surface area contributed by atoms with Crippen LogP contribution in [0.3, 0.4) is 0 Å². The van der Waals surface area contributed by atoms with Crippen molar-refractivity contribution in [2.24, 2.45) is 0 Å². The topological polar surface area (TPSA) is 80.0 Å². The van der Waals surface area contributed by atoms with Crippen molar-refractivity contribution in [2.75, 3.05) is 0 Å². The Kier molecular flexibility index (Phi) is 11.5. The first-order valence-corrected chi connectivity index (χ1v) is 33.9. The summed E-state index contributed by atoms with van der Waals surface area (Å²) in [6.45, 7) is 0. The van der Waals surface area contributed by atoms with Gasteiger partial charge in [0.1, 0.15) is 33.5 Å². The van der Waals surface area contributed by atoms with Crippen molar-refractivity contribution in [3.63, 3.8) is 0 Å². The fourth-order valence-corrected chi connectivity index (χ4v) is 16.2. The second-order valence-electron chi connectivity index (χ2n) is 26.4. The third-order valence-corrected chi connectivity index (χ3v) is 20.8. The minimum Gasteiger partial charge on any atom is -0.456 e. The second kappa shape index (κ2) is 21.0. The number of hydrogen-bond donors (Lipinski definition) is 0. The van der Waals surface area contributed by atoms with Crippen molar-refractivity contribution in [1.29, 1.82) is 0 Å². The van der Waals surface area contributed by atoms with E-state index in [1.165, 1.54) is 16.2 Å². The molecule has 0 radical (unpaired) electrons. The van der Waals surface area contributed by atoms with Crippen LogP contribution in [0.5, 0.6) is 0 Å². The van der Waals surface area contributed by atoms with Crippen molar-refractivity contribution in [1.82, 2.24) is 23.7 Å². The zero-order chi connectivity index (χ0) is 65.3. The lowest BCUT2D eigenvalue weighted by atomic mass is 10.0. The van der Waals surface area contributed by atoms with Crippen molar-refractivity contribution >= 4 is 142 Å². The van der Waals surface area contributed by atoms with E-state index < -0.39 is 0 Å². The molecule has 0 aliphatic carbocycles. The molecule has 7 aromatic heterocycles. The fraction of sp³-hybridized carbons (Fsp3) is 0. The molecular weight excluding hydrogens is 1220 g/mol. The Morgan fingerprint density at radius 2 is 0.530 bits per heavy atom. The minimum absolute atomic E-state index is 0.627. The van der Waals surface area contributed by atoms with Gasteiger partial charge in [0.25, 0.3) is 0 Å². The molecule has 0 bridgehead atoms. The lowest BCUT2D eigenvalue weighted by molar-refractivity contribution is 0.668. The van der Waals surface area contributed by atoms with Crippen molar-refractivity contribution in [3.05, 3.63) is 322 Å². The summed E-state index contributed by atoms with van der Waals surface area (Å²) in [5, 5.41) is 14.6. The average Bonchev–Trinajstić information content (AvgIpc) is 1.11. The summed E-state index contributed by atoms with van der Waals surface area (Å²) >= 11 is 0. The number of furan rings is 3. The normalized spacial score (nSPS) is 12.2. The summed E-state index contributed by atoms with van der Waals surface area (Å²) < 4.78 is 26.3. The Balaban J connectivity index is 0.701. The molecular formula is C92H53N5O3. The molecule has 0 unspecified atom stereocenters. The predicted octanol–water partition coefficient (Wildman–Crippen LogP) is 25.0. The van der Waals surface area contributed by atoms with Gasteiger partial charge in [-0.2, -0.15) is 0 Å². The maximum Gasteiger partial charge on any atom is 0.160 e. The second-order valence-corrected chi connectivity index (χ2v) is 26.4. The third kappa shape index (κ3) is 8.22. The molecule has 0 spiro atoms. The number of benzene rings is 15. The van der Waals surface area contributed by atoms with Gasteiger partial charge in [0.05, 0.1) is 44.3 Å². The fourth-order valence-electron chi connectivity index (χ4n) is 16.2. The molecule has 464 valence electrons. The number of nitrogens with zero attached hydrogens (tertiary/aromatic N) is 5. The van der Waals surface area contributed by atoms with E-state index in [0.717, 1.165) is 193 Å². The largest absolute Gasteiger partial charge is 0.456 e. The lowest BCUT2D eigenvalue weighted by Crippen LogP contribution is -2.00. The van der Waals surface area contributed by atoms with Gasteiger partial charge in [-0.15, -0.1) is 0 Å².